The van der Waals surface area contributed by atoms with Crippen molar-refractivity contribution >= 4 is 17.4 Å². The molecule has 2 atom stereocenters. The summed E-state index contributed by atoms with van der Waals surface area (Å²) in [4.78, 5) is 21.7. The molecular weight excluding hydrogens is 386 g/mol. The summed E-state index contributed by atoms with van der Waals surface area (Å²) in [5, 5.41) is 10.0. The van der Waals surface area contributed by atoms with Crippen molar-refractivity contribution in [2.24, 2.45) is 10.8 Å². The number of amides is 1. The number of nitrogens with zero attached hydrogens (tertiary/aromatic N) is 2. The normalized spacial score (nSPS) is 20.7. The van der Waals surface area contributed by atoms with Crippen LogP contribution in [0.25, 0.3) is 0 Å². The van der Waals surface area contributed by atoms with Crippen molar-refractivity contribution in [3.8, 4) is 0 Å². The van der Waals surface area contributed by atoms with E-state index in [9.17, 15) is 4.79 Å². The third-order valence-corrected chi connectivity index (χ3v) is 6.23. The van der Waals surface area contributed by atoms with E-state index >= 15 is 0 Å². The van der Waals surface area contributed by atoms with Gasteiger partial charge in [0, 0.05) is 49.2 Å². The molecule has 6 nitrogen and oxygen atoms in total. The van der Waals surface area contributed by atoms with E-state index in [2.05, 4.69) is 67.7 Å². The lowest BCUT2D eigenvalue weighted by Gasteiger charge is -2.42. The average Bonchev–Trinajstić information content (AvgIpc) is 2.73. The van der Waals surface area contributed by atoms with E-state index in [-0.39, 0.29) is 22.8 Å². The zero-order valence-corrected chi connectivity index (χ0v) is 19.7. The first-order valence-corrected chi connectivity index (χ1v) is 11.2. The third kappa shape index (κ3) is 5.96. The molecule has 0 radical (unpaired) electrons. The molecule has 1 saturated carbocycles. The van der Waals surface area contributed by atoms with E-state index in [4.69, 9.17) is 4.98 Å². The molecule has 1 fully saturated rings. The SMILES string of the molecule is CNc1nc(C2CCC(C)(C)C(NC(=O)c3ccncc3)C2)ccc1NCC(C)(C)C. The molecule has 2 aromatic heterocycles. The maximum atomic E-state index is 12.8. The number of rotatable bonds is 6. The minimum atomic E-state index is -0.0354. The van der Waals surface area contributed by atoms with Gasteiger partial charge in [0.2, 0.25) is 0 Å². The molecule has 1 amide bonds. The summed E-state index contributed by atoms with van der Waals surface area (Å²) >= 11 is 0. The second kappa shape index (κ2) is 9.25. The van der Waals surface area contributed by atoms with Gasteiger partial charge in [0.05, 0.1) is 5.69 Å². The largest absolute Gasteiger partial charge is 0.382 e. The molecule has 2 heterocycles. The molecule has 1 aliphatic rings. The summed E-state index contributed by atoms with van der Waals surface area (Å²) in [6, 6.07) is 7.87. The predicted octanol–water partition coefficient (Wildman–Crippen LogP) is 5.07. The van der Waals surface area contributed by atoms with Crippen LogP contribution in [0, 0.1) is 10.8 Å². The van der Waals surface area contributed by atoms with Crippen molar-refractivity contribution in [3.63, 3.8) is 0 Å². The maximum Gasteiger partial charge on any atom is 0.251 e. The van der Waals surface area contributed by atoms with Crippen molar-refractivity contribution in [2.45, 2.75) is 65.8 Å². The van der Waals surface area contributed by atoms with Crippen molar-refractivity contribution in [1.29, 1.82) is 0 Å². The molecule has 2 aromatic rings. The highest BCUT2D eigenvalue weighted by Crippen LogP contribution is 2.43. The number of anilines is 2. The molecule has 0 spiro atoms. The first kappa shape index (κ1) is 23.0. The molecule has 3 rings (SSSR count). The Hall–Kier alpha value is -2.63. The summed E-state index contributed by atoms with van der Waals surface area (Å²) in [6.07, 6.45) is 6.30. The summed E-state index contributed by atoms with van der Waals surface area (Å²) in [6.45, 7) is 12.0. The Morgan fingerprint density at radius 3 is 2.52 bits per heavy atom. The van der Waals surface area contributed by atoms with Crippen molar-refractivity contribution in [3.05, 3.63) is 47.9 Å². The van der Waals surface area contributed by atoms with Crippen LogP contribution in [-0.4, -0.2) is 35.5 Å². The number of aromatic nitrogens is 2. The lowest BCUT2D eigenvalue weighted by atomic mass is 9.68. The van der Waals surface area contributed by atoms with Gasteiger partial charge < -0.3 is 16.0 Å². The van der Waals surface area contributed by atoms with Gasteiger partial charge in [-0.25, -0.2) is 4.98 Å². The van der Waals surface area contributed by atoms with Gasteiger partial charge in [0.1, 0.15) is 5.82 Å². The number of hydrogen-bond acceptors (Lipinski definition) is 5. The summed E-state index contributed by atoms with van der Waals surface area (Å²) in [7, 11) is 1.91. The predicted molar refractivity (Wildman–Crippen MR) is 128 cm³/mol. The molecule has 0 saturated heterocycles. The average molecular weight is 424 g/mol. The minimum Gasteiger partial charge on any atom is -0.382 e. The topological polar surface area (TPSA) is 78.9 Å². The van der Waals surface area contributed by atoms with Gasteiger partial charge in [-0.2, -0.15) is 0 Å². The van der Waals surface area contributed by atoms with Crippen molar-refractivity contribution in [1.82, 2.24) is 15.3 Å². The van der Waals surface area contributed by atoms with Crippen LogP contribution in [0.2, 0.25) is 0 Å². The highest BCUT2D eigenvalue weighted by molar-refractivity contribution is 5.94. The van der Waals surface area contributed by atoms with Crippen LogP contribution in [0.1, 0.15) is 75.9 Å². The standard InChI is InChI=1S/C25H37N5O/c1-24(2,3)16-28-20-8-7-19(29-22(20)26-6)18-9-12-25(4,5)21(15-18)30-23(31)17-10-13-27-14-11-17/h7-8,10-11,13-14,18,21,28H,9,12,15-16H2,1-6H3,(H,26,29)(H,30,31). The van der Waals surface area contributed by atoms with Gasteiger partial charge in [-0.15, -0.1) is 0 Å². The molecule has 0 bridgehead atoms. The number of carbonyl (C=O) groups excluding carboxylic acids is 1. The van der Waals surface area contributed by atoms with E-state index in [0.29, 0.717) is 11.5 Å². The lowest BCUT2D eigenvalue weighted by Crippen LogP contribution is -2.48. The number of carbonyl (C=O) groups is 1. The van der Waals surface area contributed by atoms with Crippen LogP contribution in [0.15, 0.2) is 36.7 Å². The molecule has 2 unspecified atom stereocenters. The number of hydrogen-bond donors (Lipinski definition) is 3. The smallest absolute Gasteiger partial charge is 0.251 e. The van der Waals surface area contributed by atoms with Crippen LogP contribution in [-0.2, 0) is 0 Å². The van der Waals surface area contributed by atoms with E-state index in [0.717, 1.165) is 43.0 Å². The van der Waals surface area contributed by atoms with Crippen LogP contribution in [0.5, 0.6) is 0 Å². The highest BCUT2D eigenvalue weighted by atomic mass is 16.1. The Balaban J connectivity index is 1.74. The fourth-order valence-corrected chi connectivity index (χ4v) is 4.10. The molecule has 6 heteroatoms. The molecule has 3 N–H and O–H groups in total. The van der Waals surface area contributed by atoms with Crippen LogP contribution in [0.4, 0.5) is 11.5 Å². The molecule has 0 aromatic carbocycles. The van der Waals surface area contributed by atoms with Gasteiger partial charge in [0.25, 0.3) is 5.91 Å². The zero-order valence-electron chi connectivity index (χ0n) is 19.7. The van der Waals surface area contributed by atoms with Gasteiger partial charge in [-0.3, -0.25) is 9.78 Å². The van der Waals surface area contributed by atoms with E-state index in [1.807, 2.05) is 7.05 Å². The van der Waals surface area contributed by atoms with Crippen molar-refractivity contribution < 1.29 is 4.79 Å². The third-order valence-electron chi connectivity index (χ3n) is 6.23. The van der Waals surface area contributed by atoms with Gasteiger partial charge >= 0.3 is 0 Å². The summed E-state index contributed by atoms with van der Waals surface area (Å²) < 4.78 is 0. The second-order valence-corrected chi connectivity index (χ2v) is 10.5. The Morgan fingerprint density at radius 1 is 1.16 bits per heavy atom. The van der Waals surface area contributed by atoms with Gasteiger partial charge in [0.15, 0.2) is 0 Å². The van der Waals surface area contributed by atoms with Crippen LogP contribution < -0.4 is 16.0 Å². The minimum absolute atomic E-state index is 0.0354. The fourth-order valence-electron chi connectivity index (χ4n) is 4.10. The Morgan fingerprint density at radius 2 is 1.87 bits per heavy atom. The first-order valence-electron chi connectivity index (χ1n) is 11.2. The van der Waals surface area contributed by atoms with E-state index in [1.165, 1.54) is 0 Å². The molecule has 1 aliphatic carbocycles. The molecule has 31 heavy (non-hydrogen) atoms. The monoisotopic (exact) mass is 423 g/mol. The summed E-state index contributed by atoms with van der Waals surface area (Å²) in [5.41, 5.74) is 3.00. The second-order valence-electron chi connectivity index (χ2n) is 10.5. The van der Waals surface area contributed by atoms with E-state index in [1.54, 1.807) is 24.5 Å². The Bertz CT molecular complexity index is 889. The fraction of sp³-hybridized carbons (Fsp3) is 0.560. The summed E-state index contributed by atoms with van der Waals surface area (Å²) in [5.74, 6) is 1.16. The molecule has 0 aliphatic heterocycles. The van der Waals surface area contributed by atoms with Gasteiger partial charge in [-0.05, 0) is 54.4 Å². The van der Waals surface area contributed by atoms with E-state index < -0.39 is 0 Å². The quantitative estimate of drug-likeness (QED) is 0.605. The Labute approximate surface area is 186 Å². The van der Waals surface area contributed by atoms with Crippen LogP contribution >= 0.6 is 0 Å². The first-order chi connectivity index (χ1) is 14.6. The zero-order chi connectivity index (χ0) is 22.6. The number of pyridine rings is 2. The lowest BCUT2D eigenvalue weighted by molar-refractivity contribution is 0.0836. The number of nitrogens with one attached hydrogen (secondary N) is 3. The maximum absolute atomic E-state index is 12.8. The van der Waals surface area contributed by atoms with Gasteiger partial charge in [-0.1, -0.05) is 34.6 Å². The Kier molecular flexibility index (Phi) is 6.87. The van der Waals surface area contributed by atoms with Crippen LogP contribution in [0.3, 0.4) is 0 Å². The van der Waals surface area contributed by atoms with Crippen molar-refractivity contribution in [2.75, 3.05) is 24.2 Å². The molecule has 168 valence electrons. The molecular formula is C25H37N5O. The highest BCUT2D eigenvalue weighted by Gasteiger charge is 2.38.